The van der Waals surface area contributed by atoms with Crippen LogP contribution < -0.4 is 0 Å². The van der Waals surface area contributed by atoms with Crippen molar-refractivity contribution in [3.05, 3.63) is 33.3 Å². The molecule has 5 heteroatoms. The van der Waals surface area contributed by atoms with Crippen LogP contribution in [0.2, 0.25) is 5.02 Å². The van der Waals surface area contributed by atoms with Gasteiger partial charge in [-0.25, -0.2) is 0 Å². The maximum Gasteiger partial charge on any atom is 0.308 e. The average Bonchev–Trinajstić information content (AvgIpc) is 2.73. The van der Waals surface area contributed by atoms with Gasteiger partial charge in [-0.05, 0) is 38.5 Å². The molecule has 0 aliphatic carbocycles. The molecule has 0 aromatic heterocycles. The molecule has 110 valence electrons. The van der Waals surface area contributed by atoms with E-state index in [0.717, 1.165) is 16.6 Å². The first-order chi connectivity index (χ1) is 9.20. The van der Waals surface area contributed by atoms with Crippen molar-refractivity contribution >= 4 is 33.5 Å². The molecule has 2 atom stereocenters. The van der Waals surface area contributed by atoms with Gasteiger partial charge in [-0.3, -0.25) is 9.69 Å². The highest BCUT2D eigenvalue weighted by Gasteiger charge is 2.42. The van der Waals surface area contributed by atoms with Crippen LogP contribution in [0.25, 0.3) is 0 Å². The number of rotatable bonds is 2. The number of benzene rings is 1. The predicted octanol–water partition coefficient (Wildman–Crippen LogP) is 4.00. The van der Waals surface area contributed by atoms with Crippen molar-refractivity contribution in [1.29, 1.82) is 0 Å². The van der Waals surface area contributed by atoms with Gasteiger partial charge in [0, 0.05) is 34.0 Å². The number of carboxylic acid groups (broad SMARTS) is 1. The Labute approximate surface area is 133 Å². The summed E-state index contributed by atoms with van der Waals surface area (Å²) in [5, 5.41) is 10.1. The van der Waals surface area contributed by atoms with E-state index in [1.165, 1.54) is 0 Å². The minimum Gasteiger partial charge on any atom is -0.481 e. The second kappa shape index (κ2) is 5.66. The van der Waals surface area contributed by atoms with E-state index in [-0.39, 0.29) is 11.5 Å². The maximum atomic E-state index is 11.6. The molecule has 0 saturated carbocycles. The molecule has 1 aliphatic heterocycles. The van der Waals surface area contributed by atoms with Crippen molar-refractivity contribution in [2.75, 3.05) is 13.1 Å². The zero-order valence-electron chi connectivity index (χ0n) is 11.9. The van der Waals surface area contributed by atoms with Crippen LogP contribution in [0.3, 0.4) is 0 Å². The second-order valence-corrected chi connectivity index (χ2v) is 7.62. The monoisotopic (exact) mass is 359 g/mol. The van der Waals surface area contributed by atoms with Gasteiger partial charge in [0.1, 0.15) is 0 Å². The molecular weight excluding hydrogens is 342 g/mol. The number of hydrogen-bond donors (Lipinski definition) is 1. The number of hydrogen-bond acceptors (Lipinski definition) is 2. The van der Waals surface area contributed by atoms with Gasteiger partial charge in [0.2, 0.25) is 0 Å². The van der Waals surface area contributed by atoms with E-state index >= 15 is 0 Å². The molecule has 1 N–H and O–H groups in total. The van der Waals surface area contributed by atoms with Crippen molar-refractivity contribution in [2.24, 2.45) is 5.92 Å². The minimum atomic E-state index is -0.749. The first-order valence-corrected chi connectivity index (χ1v) is 7.80. The molecule has 1 aromatic carbocycles. The lowest BCUT2D eigenvalue weighted by atomic mass is 9.89. The average molecular weight is 361 g/mol. The molecule has 1 heterocycles. The molecule has 1 saturated heterocycles. The number of carbonyl (C=O) groups is 1. The summed E-state index contributed by atoms with van der Waals surface area (Å²) in [5.41, 5.74) is 0.888. The Kier molecular flexibility index (Phi) is 4.47. The van der Waals surface area contributed by atoms with Gasteiger partial charge < -0.3 is 5.11 Å². The normalized spacial score (nSPS) is 24.1. The Morgan fingerprint density at radius 2 is 2.05 bits per heavy atom. The molecular formula is C15H19BrClNO2. The number of carboxylic acids is 1. The van der Waals surface area contributed by atoms with E-state index in [1.807, 2.05) is 18.2 Å². The number of nitrogens with zero attached hydrogens (tertiary/aromatic N) is 1. The van der Waals surface area contributed by atoms with Crippen LogP contribution in [0.4, 0.5) is 0 Å². The summed E-state index contributed by atoms with van der Waals surface area (Å²) < 4.78 is 0.906. The van der Waals surface area contributed by atoms with E-state index in [1.54, 1.807) is 0 Å². The molecule has 1 fully saturated rings. The van der Waals surface area contributed by atoms with E-state index in [2.05, 4.69) is 41.6 Å². The fourth-order valence-electron chi connectivity index (χ4n) is 2.72. The van der Waals surface area contributed by atoms with Crippen molar-refractivity contribution in [3.63, 3.8) is 0 Å². The Morgan fingerprint density at radius 3 is 2.55 bits per heavy atom. The molecule has 0 spiro atoms. The highest BCUT2D eigenvalue weighted by Crippen LogP contribution is 2.39. The number of aliphatic carboxylic acids is 1. The highest BCUT2D eigenvalue weighted by molar-refractivity contribution is 9.10. The third-order valence-corrected chi connectivity index (χ3v) is 4.77. The zero-order chi connectivity index (χ0) is 15.1. The SMILES string of the molecule is CC(C)(C)N1C[C@@H](C(=O)O)[C@H](c2ccc(Br)cc2Cl)C1. The summed E-state index contributed by atoms with van der Waals surface area (Å²) in [5.74, 6) is -1.22. The van der Waals surface area contributed by atoms with Crippen molar-refractivity contribution < 1.29 is 9.90 Å². The topological polar surface area (TPSA) is 40.5 Å². The molecule has 0 unspecified atom stereocenters. The van der Waals surface area contributed by atoms with Crippen LogP contribution in [0.1, 0.15) is 32.3 Å². The van der Waals surface area contributed by atoms with Crippen LogP contribution >= 0.6 is 27.5 Å². The van der Waals surface area contributed by atoms with Gasteiger partial charge in [-0.15, -0.1) is 0 Å². The minimum absolute atomic E-state index is 0.0374. The van der Waals surface area contributed by atoms with E-state index in [9.17, 15) is 9.90 Å². The third kappa shape index (κ3) is 3.18. The van der Waals surface area contributed by atoms with Crippen molar-refractivity contribution in [3.8, 4) is 0 Å². The van der Waals surface area contributed by atoms with E-state index in [0.29, 0.717) is 11.6 Å². The lowest BCUT2D eigenvalue weighted by Crippen LogP contribution is -2.40. The van der Waals surface area contributed by atoms with E-state index < -0.39 is 11.9 Å². The Hall–Kier alpha value is -0.580. The number of halogens is 2. The smallest absolute Gasteiger partial charge is 0.308 e. The van der Waals surface area contributed by atoms with Crippen LogP contribution in [0.15, 0.2) is 22.7 Å². The zero-order valence-corrected chi connectivity index (χ0v) is 14.2. The van der Waals surface area contributed by atoms with Crippen molar-refractivity contribution in [1.82, 2.24) is 4.90 Å². The van der Waals surface area contributed by atoms with E-state index in [4.69, 9.17) is 11.6 Å². The first kappa shape index (κ1) is 15.8. The predicted molar refractivity (Wildman–Crippen MR) is 84.3 cm³/mol. The summed E-state index contributed by atoms with van der Waals surface area (Å²) in [7, 11) is 0. The molecule has 1 aliphatic rings. The van der Waals surface area contributed by atoms with Gasteiger partial charge in [0.05, 0.1) is 5.92 Å². The molecule has 20 heavy (non-hydrogen) atoms. The summed E-state index contributed by atoms with van der Waals surface area (Å²) in [4.78, 5) is 13.8. The summed E-state index contributed by atoms with van der Waals surface area (Å²) >= 11 is 9.68. The fourth-order valence-corrected chi connectivity index (χ4v) is 3.53. The van der Waals surface area contributed by atoms with Crippen LogP contribution in [0, 0.1) is 5.92 Å². The Balaban J connectivity index is 2.35. The van der Waals surface area contributed by atoms with Gasteiger partial charge in [0.15, 0.2) is 0 Å². The molecule has 0 radical (unpaired) electrons. The number of likely N-dealkylation sites (tertiary alicyclic amines) is 1. The standard InChI is InChI=1S/C15H19BrClNO2/c1-15(2,3)18-7-11(12(8-18)14(19)20)10-5-4-9(16)6-13(10)17/h4-6,11-12H,7-8H2,1-3H3,(H,19,20)/t11-,12+/m0/s1. The first-order valence-electron chi connectivity index (χ1n) is 6.63. The quantitative estimate of drug-likeness (QED) is 0.866. The third-order valence-electron chi connectivity index (χ3n) is 3.95. The van der Waals surface area contributed by atoms with Gasteiger partial charge in [-0.2, -0.15) is 0 Å². The second-order valence-electron chi connectivity index (χ2n) is 6.29. The molecule has 3 nitrogen and oxygen atoms in total. The summed E-state index contributed by atoms with van der Waals surface area (Å²) in [6, 6.07) is 5.68. The Bertz CT molecular complexity index is 527. The van der Waals surface area contributed by atoms with Gasteiger partial charge >= 0.3 is 5.97 Å². The maximum absolute atomic E-state index is 11.6. The summed E-state index contributed by atoms with van der Waals surface area (Å²) in [6.07, 6.45) is 0. The summed E-state index contributed by atoms with van der Waals surface area (Å²) in [6.45, 7) is 7.62. The van der Waals surface area contributed by atoms with Crippen LogP contribution in [0.5, 0.6) is 0 Å². The Morgan fingerprint density at radius 1 is 1.40 bits per heavy atom. The molecule has 0 bridgehead atoms. The molecule has 1 aromatic rings. The molecule has 2 rings (SSSR count). The van der Waals surface area contributed by atoms with Crippen LogP contribution in [-0.4, -0.2) is 34.6 Å². The van der Waals surface area contributed by atoms with Crippen LogP contribution in [-0.2, 0) is 4.79 Å². The van der Waals surface area contributed by atoms with Gasteiger partial charge in [0.25, 0.3) is 0 Å². The lowest BCUT2D eigenvalue weighted by molar-refractivity contribution is -0.141. The highest BCUT2D eigenvalue weighted by atomic mass is 79.9. The largest absolute Gasteiger partial charge is 0.481 e. The molecule has 0 amide bonds. The van der Waals surface area contributed by atoms with Crippen molar-refractivity contribution in [2.45, 2.75) is 32.2 Å². The fraction of sp³-hybridized carbons (Fsp3) is 0.533. The van der Waals surface area contributed by atoms with Gasteiger partial charge in [-0.1, -0.05) is 33.6 Å². The lowest BCUT2D eigenvalue weighted by Gasteiger charge is -2.31.